The van der Waals surface area contributed by atoms with Crippen LogP contribution in [0.1, 0.15) is 36.6 Å². The normalized spacial score (nSPS) is 12.8. The second-order valence-electron chi connectivity index (χ2n) is 6.42. The van der Waals surface area contributed by atoms with Crippen LogP contribution in [0.5, 0.6) is 17.2 Å². The Bertz CT molecular complexity index is 752. The molecule has 2 aromatic rings. The molecule has 0 aromatic heterocycles. The Labute approximate surface area is 155 Å². The Morgan fingerprint density at radius 3 is 2.15 bits per heavy atom. The minimum absolute atomic E-state index is 0.193. The van der Waals surface area contributed by atoms with Gasteiger partial charge >= 0.3 is 0 Å². The molecule has 0 fully saturated rings. The molecule has 0 radical (unpaired) electrons. The van der Waals surface area contributed by atoms with Crippen molar-refractivity contribution in [2.45, 2.75) is 39.8 Å². The predicted molar refractivity (Wildman–Crippen MR) is 102 cm³/mol. The second kappa shape index (κ2) is 8.61. The van der Waals surface area contributed by atoms with Crippen LogP contribution in [0.2, 0.25) is 0 Å². The summed E-state index contributed by atoms with van der Waals surface area (Å²) < 4.78 is 16.5. The fraction of sp³-hybridized carbons (Fsp3) is 0.381. The first kappa shape index (κ1) is 19.6. The van der Waals surface area contributed by atoms with Gasteiger partial charge in [0.25, 0.3) is 5.91 Å². The van der Waals surface area contributed by atoms with E-state index in [1.54, 1.807) is 21.1 Å². The zero-order chi connectivity index (χ0) is 19.3. The number of amides is 1. The van der Waals surface area contributed by atoms with Gasteiger partial charge in [0.1, 0.15) is 17.2 Å². The first-order valence-electron chi connectivity index (χ1n) is 8.61. The average Bonchev–Trinajstić information content (AvgIpc) is 2.59. The van der Waals surface area contributed by atoms with E-state index in [1.165, 1.54) is 0 Å². The van der Waals surface area contributed by atoms with Gasteiger partial charge in [-0.1, -0.05) is 6.07 Å². The van der Waals surface area contributed by atoms with E-state index in [4.69, 9.17) is 14.2 Å². The molecule has 26 heavy (non-hydrogen) atoms. The molecular weight excluding hydrogens is 330 g/mol. The van der Waals surface area contributed by atoms with Crippen LogP contribution in [0.3, 0.4) is 0 Å². The zero-order valence-electron chi connectivity index (χ0n) is 16.3. The summed E-state index contributed by atoms with van der Waals surface area (Å²) in [6.45, 7) is 7.64. The lowest BCUT2D eigenvalue weighted by Gasteiger charge is -2.21. The number of methoxy groups -OCH3 is 2. The standard InChI is InChI=1S/C21H27NO4/c1-13-9-14(2)11-18(10-13)26-16(4)21(23)22-15(3)19-12-17(24-5)7-8-20(19)25-6/h7-12,15-16H,1-6H3,(H,22,23)/t15-,16-/m1/s1. The van der Waals surface area contributed by atoms with Crippen LogP contribution in [0.25, 0.3) is 0 Å². The summed E-state index contributed by atoms with van der Waals surface area (Å²) in [4.78, 5) is 12.5. The molecule has 0 heterocycles. The summed E-state index contributed by atoms with van der Waals surface area (Å²) in [6.07, 6.45) is -0.616. The van der Waals surface area contributed by atoms with Crippen molar-refractivity contribution in [2.75, 3.05) is 14.2 Å². The van der Waals surface area contributed by atoms with E-state index in [1.807, 2.05) is 51.1 Å². The molecule has 1 N–H and O–H groups in total. The number of aryl methyl sites for hydroxylation is 2. The lowest BCUT2D eigenvalue weighted by Crippen LogP contribution is -2.37. The van der Waals surface area contributed by atoms with E-state index in [2.05, 4.69) is 11.4 Å². The van der Waals surface area contributed by atoms with Crippen LogP contribution in [0.15, 0.2) is 36.4 Å². The van der Waals surface area contributed by atoms with Crippen molar-refractivity contribution in [3.63, 3.8) is 0 Å². The molecule has 2 rings (SSSR count). The number of benzene rings is 2. The molecule has 5 nitrogen and oxygen atoms in total. The van der Waals surface area contributed by atoms with Gasteiger partial charge in [0.15, 0.2) is 6.10 Å². The number of hydrogen-bond donors (Lipinski definition) is 1. The SMILES string of the molecule is COc1ccc(OC)c([C@@H](C)NC(=O)[C@@H](C)Oc2cc(C)cc(C)c2)c1. The van der Waals surface area contributed by atoms with E-state index in [-0.39, 0.29) is 11.9 Å². The van der Waals surface area contributed by atoms with Crippen LogP contribution < -0.4 is 19.5 Å². The minimum atomic E-state index is -0.616. The molecule has 2 aromatic carbocycles. The van der Waals surface area contributed by atoms with Crippen molar-refractivity contribution >= 4 is 5.91 Å². The molecule has 2 atom stereocenters. The molecule has 0 saturated carbocycles. The molecule has 0 spiro atoms. The number of nitrogens with one attached hydrogen (secondary N) is 1. The summed E-state index contributed by atoms with van der Waals surface area (Å²) >= 11 is 0. The van der Waals surface area contributed by atoms with Gasteiger partial charge < -0.3 is 19.5 Å². The summed E-state index contributed by atoms with van der Waals surface area (Å²) in [5, 5.41) is 2.97. The van der Waals surface area contributed by atoms with Crippen LogP contribution in [-0.4, -0.2) is 26.2 Å². The highest BCUT2D eigenvalue weighted by Gasteiger charge is 2.20. The predicted octanol–water partition coefficient (Wildman–Crippen LogP) is 3.97. The monoisotopic (exact) mass is 357 g/mol. The van der Waals surface area contributed by atoms with Gasteiger partial charge in [0.2, 0.25) is 0 Å². The Morgan fingerprint density at radius 1 is 0.923 bits per heavy atom. The largest absolute Gasteiger partial charge is 0.497 e. The summed E-state index contributed by atoms with van der Waals surface area (Å²) in [7, 11) is 3.21. The third-order valence-corrected chi connectivity index (χ3v) is 4.14. The molecule has 0 bridgehead atoms. The summed E-state index contributed by atoms with van der Waals surface area (Å²) in [5.41, 5.74) is 3.04. The zero-order valence-corrected chi connectivity index (χ0v) is 16.3. The maximum atomic E-state index is 12.5. The number of ether oxygens (including phenoxy) is 3. The molecule has 0 aliphatic heterocycles. The van der Waals surface area contributed by atoms with E-state index < -0.39 is 6.10 Å². The fourth-order valence-corrected chi connectivity index (χ4v) is 2.84. The van der Waals surface area contributed by atoms with Crippen molar-refractivity contribution in [1.29, 1.82) is 0 Å². The molecule has 5 heteroatoms. The fourth-order valence-electron chi connectivity index (χ4n) is 2.84. The van der Waals surface area contributed by atoms with E-state index in [0.717, 1.165) is 16.7 Å². The third kappa shape index (κ3) is 4.91. The van der Waals surface area contributed by atoms with Gasteiger partial charge in [-0.2, -0.15) is 0 Å². The third-order valence-electron chi connectivity index (χ3n) is 4.14. The van der Waals surface area contributed by atoms with Gasteiger partial charge in [-0.15, -0.1) is 0 Å². The summed E-state index contributed by atoms with van der Waals surface area (Å²) in [5.74, 6) is 1.90. The van der Waals surface area contributed by atoms with E-state index in [9.17, 15) is 4.79 Å². The van der Waals surface area contributed by atoms with Gasteiger partial charge in [0.05, 0.1) is 20.3 Å². The maximum absolute atomic E-state index is 12.5. The average molecular weight is 357 g/mol. The topological polar surface area (TPSA) is 56.8 Å². The Kier molecular flexibility index (Phi) is 6.50. The molecule has 1 amide bonds. The molecule has 0 aliphatic carbocycles. The van der Waals surface area contributed by atoms with Crippen LogP contribution in [0.4, 0.5) is 0 Å². The van der Waals surface area contributed by atoms with Crippen molar-refractivity contribution in [1.82, 2.24) is 5.32 Å². The highest BCUT2D eigenvalue weighted by Crippen LogP contribution is 2.29. The quantitative estimate of drug-likeness (QED) is 0.815. The smallest absolute Gasteiger partial charge is 0.261 e. The molecule has 0 unspecified atom stereocenters. The van der Waals surface area contributed by atoms with Crippen molar-refractivity contribution in [3.05, 3.63) is 53.1 Å². The lowest BCUT2D eigenvalue weighted by atomic mass is 10.1. The molecule has 0 saturated heterocycles. The minimum Gasteiger partial charge on any atom is -0.497 e. The van der Waals surface area contributed by atoms with Gasteiger partial charge in [-0.05, 0) is 69.2 Å². The lowest BCUT2D eigenvalue weighted by molar-refractivity contribution is -0.127. The van der Waals surface area contributed by atoms with Crippen LogP contribution in [-0.2, 0) is 4.79 Å². The molecule has 140 valence electrons. The first-order chi connectivity index (χ1) is 12.3. The van der Waals surface area contributed by atoms with Crippen molar-refractivity contribution < 1.29 is 19.0 Å². The van der Waals surface area contributed by atoms with Crippen molar-refractivity contribution in [2.24, 2.45) is 0 Å². The summed E-state index contributed by atoms with van der Waals surface area (Å²) in [6, 6.07) is 11.2. The number of carbonyl (C=O) groups is 1. The number of rotatable bonds is 7. The Hall–Kier alpha value is -2.69. The second-order valence-corrected chi connectivity index (χ2v) is 6.42. The van der Waals surface area contributed by atoms with Crippen LogP contribution >= 0.6 is 0 Å². The number of hydrogen-bond acceptors (Lipinski definition) is 4. The molecule has 0 aliphatic rings. The Morgan fingerprint density at radius 2 is 1.58 bits per heavy atom. The van der Waals surface area contributed by atoms with Gasteiger partial charge in [-0.25, -0.2) is 0 Å². The number of carbonyl (C=O) groups excluding carboxylic acids is 1. The van der Waals surface area contributed by atoms with Gasteiger partial charge in [-0.3, -0.25) is 4.79 Å². The highest BCUT2D eigenvalue weighted by molar-refractivity contribution is 5.81. The van der Waals surface area contributed by atoms with Gasteiger partial charge in [0, 0.05) is 5.56 Å². The van der Waals surface area contributed by atoms with Crippen LogP contribution in [0, 0.1) is 13.8 Å². The first-order valence-corrected chi connectivity index (χ1v) is 8.61. The highest BCUT2D eigenvalue weighted by atomic mass is 16.5. The van der Waals surface area contributed by atoms with E-state index in [0.29, 0.717) is 17.2 Å². The maximum Gasteiger partial charge on any atom is 0.261 e. The molecular formula is C21H27NO4. The Balaban J connectivity index is 2.08. The van der Waals surface area contributed by atoms with E-state index >= 15 is 0 Å². The van der Waals surface area contributed by atoms with Crippen molar-refractivity contribution in [3.8, 4) is 17.2 Å².